The van der Waals surface area contributed by atoms with Crippen molar-refractivity contribution in [2.24, 2.45) is 11.7 Å². The lowest BCUT2D eigenvalue weighted by molar-refractivity contribution is 0.275. The zero-order chi connectivity index (χ0) is 13.2. The van der Waals surface area contributed by atoms with Crippen LogP contribution in [0.2, 0.25) is 0 Å². The van der Waals surface area contributed by atoms with Gasteiger partial charge in [0.1, 0.15) is 0 Å². The maximum Gasteiger partial charge on any atom is 0.0378 e. The predicted molar refractivity (Wildman–Crippen MR) is 84.8 cm³/mol. The Bertz CT molecular complexity index is 545. The highest BCUT2D eigenvalue weighted by molar-refractivity contribution is 7.17. The van der Waals surface area contributed by atoms with Gasteiger partial charge < -0.3 is 5.73 Å². The lowest BCUT2D eigenvalue weighted by atomic mass is 9.73. The second-order valence-corrected chi connectivity index (χ2v) is 6.84. The summed E-state index contributed by atoms with van der Waals surface area (Å²) in [4.78, 5) is 0. The Morgan fingerprint density at radius 1 is 1.26 bits per heavy atom. The van der Waals surface area contributed by atoms with Crippen LogP contribution in [0.25, 0.3) is 10.1 Å². The first kappa shape index (κ1) is 13.1. The van der Waals surface area contributed by atoms with Crippen LogP contribution in [-0.4, -0.2) is 6.04 Å². The summed E-state index contributed by atoms with van der Waals surface area (Å²) in [6.45, 7) is 2.30. The van der Waals surface area contributed by atoms with Crippen molar-refractivity contribution in [3.8, 4) is 0 Å². The smallest absolute Gasteiger partial charge is 0.0378 e. The summed E-state index contributed by atoms with van der Waals surface area (Å²) in [5, 5.41) is 3.58. The Balaban J connectivity index is 1.92. The molecular formula is C17H23NS. The van der Waals surface area contributed by atoms with Crippen molar-refractivity contribution in [3.05, 3.63) is 35.2 Å². The average Bonchev–Trinajstić information content (AvgIpc) is 2.89. The highest BCUT2D eigenvalue weighted by Gasteiger charge is 2.29. The summed E-state index contributed by atoms with van der Waals surface area (Å²) in [6, 6.07) is 9.29. The van der Waals surface area contributed by atoms with Crippen molar-refractivity contribution >= 4 is 21.4 Å². The molecule has 1 fully saturated rings. The van der Waals surface area contributed by atoms with Gasteiger partial charge in [-0.3, -0.25) is 0 Å². The minimum absolute atomic E-state index is 0.348. The first-order valence-corrected chi connectivity index (χ1v) is 8.39. The molecule has 3 rings (SSSR count). The third-order valence-electron chi connectivity index (χ3n) is 4.62. The molecular weight excluding hydrogens is 250 g/mol. The van der Waals surface area contributed by atoms with Crippen molar-refractivity contribution in [1.29, 1.82) is 0 Å². The van der Waals surface area contributed by atoms with Crippen molar-refractivity contribution < 1.29 is 0 Å². The Hall–Kier alpha value is -0.860. The van der Waals surface area contributed by atoms with Gasteiger partial charge in [0.05, 0.1) is 0 Å². The molecule has 0 aliphatic heterocycles. The number of hydrogen-bond acceptors (Lipinski definition) is 2. The van der Waals surface area contributed by atoms with Gasteiger partial charge in [-0.15, -0.1) is 11.3 Å². The van der Waals surface area contributed by atoms with E-state index in [1.54, 1.807) is 0 Å². The zero-order valence-corrected chi connectivity index (χ0v) is 12.5. The minimum atomic E-state index is 0.348. The summed E-state index contributed by atoms with van der Waals surface area (Å²) in [7, 11) is 0. The maximum absolute atomic E-state index is 6.43. The van der Waals surface area contributed by atoms with Crippen molar-refractivity contribution in [2.75, 3.05) is 0 Å². The number of thiophene rings is 1. The molecule has 1 aliphatic carbocycles. The lowest BCUT2D eigenvalue weighted by Crippen LogP contribution is -2.34. The van der Waals surface area contributed by atoms with E-state index < -0.39 is 0 Å². The number of benzene rings is 1. The van der Waals surface area contributed by atoms with Gasteiger partial charge in [0.15, 0.2) is 0 Å². The molecule has 3 unspecified atom stereocenters. The van der Waals surface area contributed by atoms with Gasteiger partial charge in [0.25, 0.3) is 0 Å². The summed E-state index contributed by atoms with van der Waals surface area (Å²) >= 11 is 1.87. The van der Waals surface area contributed by atoms with E-state index in [9.17, 15) is 0 Å². The molecule has 102 valence electrons. The monoisotopic (exact) mass is 273 g/mol. The van der Waals surface area contributed by atoms with Crippen LogP contribution in [0.3, 0.4) is 0 Å². The second kappa shape index (κ2) is 5.64. The molecule has 0 radical (unpaired) electrons. The van der Waals surface area contributed by atoms with Gasteiger partial charge in [0, 0.05) is 16.7 Å². The number of fused-ring (bicyclic) bond motifs is 1. The van der Waals surface area contributed by atoms with Crippen LogP contribution in [0.1, 0.15) is 50.5 Å². The molecule has 2 heteroatoms. The van der Waals surface area contributed by atoms with E-state index in [1.165, 1.54) is 47.8 Å². The van der Waals surface area contributed by atoms with Gasteiger partial charge in [-0.2, -0.15) is 0 Å². The first-order chi connectivity index (χ1) is 9.29. The van der Waals surface area contributed by atoms with E-state index in [0.717, 1.165) is 5.92 Å². The Labute approximate surface area is 119 Å². The molecule has 1 aliphatic rings. The Kier molecular flexibility index (Phi) is 3.90. The molecule has 0 amide bonds. The highest BCUT2D eigenvalue weighted by Crippen LogP contribution is 2.41. The van der Waals surface area contributed by atoms with Gasteiger partial charge >= 0.3 is 0 Å². The molecule has 1 aromatic carbocycles. The molecule has 1 heterocycles. The standard InChI is InChI=1S/C17H23NS/c1-2-4-12-7-8-16(18)15(11-12)14-6-3-5-13-9-10-19-17(13)14/h3,5-6,9-10,12,15-16H,2,4,7-8,11,18H2,1H3. The molecule has 2 N–H and O–H groups in total. The number of nitrogens with two attached hydrogens (primary N) is 1. The van der Waals surface area contributed by atoms with Crippen LogP contribution in [0, 0.1) is 5.92 Å². The third kappa shape index (κ3) is 2.56. The van der Waals surface area contributed by atoms with Gasteiger partial charge in [0.2, 0.25) is 0 Å². The van der Waals surface area contributed by atoms with Crippen LogP contribution in [0.5, 0.6) is 0 Å². The van der Waals surface area contributed by atoms with E-state index in [-0.39, 0.29) is 0 Å². The van der Waals surface area contributed by atoms with Gasteiger partial charge in [-0.05, 0) is 47.6 Å². The normalized spacial score (nSPS) is 27.8. The molecule has 3 atom stereocenters. The van der Waals surface area contributed by atoms with E-state index in [4.69, 9.17) is 5.73 Å². The lowest BCUT2D eigenvalue weighted by Gasteiger charge is -2.34. The molecule has 1 saturated carbocycles. The quantitative estimate of drug-likeness (QED) is 0.844. The minimum Gasteiger partial charge on any atom is -0.327 e. The number of rotatable bonds is 3. The molecule has 0 spiro atoms. The van der Waals surface area contributed by atoms with Crippen LogP contribution >= 0.6 is 11.3 Å². The van der Waals surface area contributed by atoms with E-state index >= 15 is 0 Å². The molecule has 2 aromatic rings. The fourth-order valence-corrected chi connectivity index (χ4v) is 4.60. The number of hydrogen-bond donors (Lipinski definition) is 1. The topological polar surface area (TPSA) is 26.0 Å². The zero-order valence-electron chi connectivity index (χ0n) is 11.6. The molecule has 0 saturated heterocycles. The predicted octanol–water partition coefficient (Wildman–Crippen LogP) is 4.91. The summed E-state index contributed by atoms with van der Waals surface area (Å²) in [5.41, 5.74) is 7.93. The van der Waals surface area contributed by atoms with Crippen LogP contribution in [0.4, 0.5) is 0 Å². The van der Waals surface area contributed by atoms with E-state index in [1.807, 2.05) is 11.3 Å². The third-order valence-corrected chi connectivity index (χ3v) is 5.60. The maximum atomic E-state index is 6.43. The average molecular weight is 273 g/mol. The second-order valence-electron chi connectivity index (χ2n) is 5.92. The van der Waals surface area contributed by atoms with Gasteiger partial charge in [-0.25, -0.2) is 0 Å². The Morgan fingerprint density at radius 2 is 2.16 bits per heavy atom. The van der Waals surface area contributed by atoms with Crippen LogP contribution in [-0.2, 0) is 0 Å². The first-order valence-electron chi connectivity index (χ1n) is 7.51. The summed E-state index contributed by atoms with van der Waals surface area (Å²) < 4.78 is 1.46. The van der Waals surface area contributed by atoms with Crippen molar-refractivity contribution in [3.63, 3.8) is 0 Å². The fourth-order valence-electron chi connectivity index (χ4n) is 3.62. The molecule has 1 aromatic heterocycles. The largest absolute Gasteiger partial charge is 0.327 e. The SMILES string of the molecule is CCCC1CCC(N)C(c2cccc3ccsc23)C1. The molecule has 19 heavy (non-hydrogen) atoms. The summed E-state index contributed by atoms with van der Waals surface area (Å²) in [5.74, 6) is 1.44. The molecule has 1 nitrogen and oxygen atoms in total. The van der Waals surface area contributed by atoms with E-state index in [0.29, 0.717) is 12.0 Å². The highest BCUT2D eigenvalue weighted by atomic mass is 32.1. The van der Waals surface area contributed by atoms with Crippen molar-refractivity contribution in [2.45, 2.75) is 51.0 Å². The van der Waals surface area contributed by atoms with Crippen molar-refractivity contribution in [1.82, 2.24) is 0 Å². The van der Waals surface area contributed by atoms with E-state index in [2.05, 4.69) is 36.6 Å². The fraction of sp³-hybridized carbons (Fsp3) is 0.529. The summed E-state index contributed by atoms with van der Waals surface area (Å²) in [6.07, 6.45) is 6.47. The van der Waals surface area contributed by atoms with Gasteiger partial charge in [-0.1, -0.05) is 38.0 Å². The molecule has 0 bridgehead atoms. The van der Waals surface area contributed by atoms with Crippen LogP contribution < -0.4 is 5.73 Å². The Morgan fingerprint density at radius 3 is 3.00 bits per heavy atom. The van der Waals surface area contributed by atoms with Crippen LogP contribution in [0.15, 0.2) is 29.6 Å².